The Labute approximate surface area is 109 Å². The zero-order chi connectivity index (χ0) is 13.1. The van der Waals surface area contributed by atoms with Gasteiger partial charge in [0.2, 0.25) is 0 Å². The van der Waals surface area contributed by atoms with Gasteiger partial charge in [-0.2, -0.15) is 0 Å². The minimum absolute atomic E-state index is 0.233. The van der Waals surface area contributed by atoms with Crippen LogP contribution in [0.25, 0.3) is 0 Å². The van der Waals surface area contributed by atoms with E-state index in [0.29, 0.717) is 6.04 Å². The van der Waals surface area contributed by atoms with Gasteiger partial charge in [0.05, 0.1) is 13.2 Å². The van der Waals surface area contributed by atoms with E-state index in [-0.39, 0.29) is 6.04 Å². The molecule has 1 heterocycles. The van der Waals surface area contributed by atoms with Gasteiger partial charge in [0.1, 0.15) is 5.75 Å². The third-order valence-electron chi connectivity index (χ3n) is 3.81. The Hall–Kier alpha value is -1.06. The standard InChI is InChI=1S/C15H23NO2/c1-11(2)16-9-5-8-14(16)15(17)12-6-4-7-13(10-12)18-3/h4,6-7,10-11,14-15,17H,5,8-9H2,1-3H3/t14-,15+/m0/s1. The number of aliphatic hydroxyl groups is 1. The average Bonchev–Trinajstić information content (AvgIpc) is 2.87. The van der Waals surface area contributed by atoms with E-state index in [0.717, 1.165) is 24.3 Å². The van der Waals surface area contributed by atoms with E-state index < -0.39 is 6.10 Å². The molecule has 1 aliphatic heterocycles. The molecule has 0 spiro atoms. The highest BCUT2D eigenvalue weighted by molar-refractivity contribution is 5.30. The van der Waals surface area contributed by atoms with Crippen molar-refractivity contribution >= 4 is 0 Å². The number of likely N-dealkylation sites (tertiary alicyclic amines) is 1. The van der Waals surface area contributed by atoms with Crippen molar-refractivity contribution < 1.29 is 9.84 Å². The van der Waals surface area contributed by atoms with Gasteiger partial charge in [0.15, 0.2) is 0 Å². The Balaban J connectivity index is 2.16. The van der Waals surface area contributed by atoms with Crippen LogP contribution in [0.15, 0.2) is 24.3 Å². The molecule has 1 aromatic rings. The van der Waals surface area contributed by atoms with Crippen LogP contribution in [0.4, 0.5) is 0 Å². The van der Waals surface area contributed by atoms with E-state index in [2.05, 4.69) is 18.7 Å². The first-order valence-electron chi connectivity index (χ1n) is 6.71. The molecule has 0 unspecified atom stereocenters. The van der Waals surface area contributed by atoms with Crippen LogP contribution in [0.3, 0.4) is 0 Å². The van der Waals surface area contributed by atoms with Crippen molar-refractivity contribution in [1.82, 2.24) is 4.90 Å². The third-order valence-corrected chi connectivity index (χ3v) is 3.81. The topological polar surface area (TPSA) is 32.7 Å². The molecule has 1 saturated heterocycles. The minimum Gasteiger partial charge on any atom is -0.497 e. The quantitative estimate of drug-likeness (QED) is 0.890. The lowest BCUT2D eigenvalue weighted by atomic mass is 9.99. The number of hydrogen-bond donors (Lipinski definition) is 1. The summed E-state index contributed by atoms with van der Waals surface area (Å²) in [5, 5.41) is 10.6. The Morgan fingerprint density at radius 2 is 2.17 bits per heavy atom. The normalized spacial score (nSPS) is 22.4. The van der Waals surface area contributed by atoms with Crippen molar-refractivity contribution in [2.45, 2.75) is 44.9 Å². The molecule has 0 saturated carbocycles. The number of hydrogen-bond acceptors (Lipinski definition) is 3. The van der Waals surface area contributed by atoms with Crippen molar-refractivity contribution in [2.24, 2.45) is 0 Å². The van der Waals surface area contributed by atoms with Gasteiger partial charge in [-0.25, -0.2) is 0 Å². The van der Waals surface area contributed by atoms with Gasteiger partial charge < -0.3 is 9.84 Å². The molecule has 0 aromatic heterocycles. The number of aliphatic hydroxyl groups excluding tert-OH is 1. The molecule has 18 heavy (non-hydrogen) atoms. The van der Waals surface area contributed by atoms with Crippen LogP contribution in [-0.2, 0) is 0 Å². The first-order chi connectivity index (χ1) is 8.63. The van der Waals surface area contributed by atoms with Crippen molar-refractivity contribution in [3.05, 3.63) is 29.8 Å². The molecule has 1 aromatic carbocycles. The molecule has 0 amide bonds. The Morgan fingerprint density at radius 3 is 2.83 bits per heavy atom. The van der Waals surface area contributed by atoms with Crippen molar-refractivity contribution in [3.63, 3.8) is 0 Å². The second-order valence-corrected chi connectivity index (χ2v) is 5.26. The fourth-order valence-corrected chi connectivity index (χ4v) is 2.84. The molecule has 2 rings (SSSR count). The Bertz CT molecular complexity index is 392. The fourth-order valence-electron chi connectivity index (χ4n) is 2.84. The van der Waals surface area contributed by atoms with Gasteiger partial charge in [-0.05, 0) is 50.9 Å². The summed E-state index contributed by atoms with van der Waals surface area (Å²) in [5.41, 5.74) is 0.951. The van der Waals surface area contributed by atoms with E-state index in [1.54, 1.807) is 7.11 Å². The molecule has 100 valence electrons. The average molecular weight is 249 g/mol. The van der Waals surface area contributed by atoms with Crippen LogP contribution in [0, 0.1) is 0 Å². The van der Waals surface area contributed by atoms with Crippen molar-refractivity contribution in [1.29, 1.82) is 0 Å². The predicted molar refractivity (Wildman–Crippen MR) is 72.8 cm³/mol. The molecule has 1 fully saturated rings. The first kappa shape index (κ1) is 13.4. The second kappa shape index (κ2) is 5.72. The third kappa shape index (κ3) is 2.68. The number of benzene rings is 1. The second-order valence-electron chi connectivity index (χ2n) is 5.26. The molecule has 1 N–H and O–H groups in total. The number of rotatable bonds is 4. The molecular formula is C15H23NO2. The van der Waals surface area contributed by atoms with Gasteiger partial charge in [0.25, 0.3) is 0 Å². The molecule has 3 nitrogen and oxygen atoms in total. The Morgan fingerprint density at radius 1 is 1.39 bits per heavy atom. The summed E-state index contributed by atoms with van der Waals surface area (Å²) in [6, 6.07) is 8.47. The van der Waals surface area contributed by atoms with E-state index in [4.69, 9.17) is 4.74 Å². The maximum Gasteiger partial charge on any atom is 0.119 e. The summed E-state index contributed by atoms with van der Waals surface area (Å²) in [7, 11) is 1.65. The number of methoxy groups -OCH3 is 1. The zero-order valence-electron chi connectivity index (χ0n) is 11.5. The van der Waals surface area contributed by atoms with Crippen LogP contribution in [0.5, 0.6) is 5.75 Å². The molecule has 0 radical (unpaired) electrons. The molecule has 1 aliphatic rings. The van der Waals surface area contributed by atoms with Gasteiger partial charge in [-0.1, -0.05) is 12.1 Å². The van der Waals surface area contributed by atoms with Crippen LogP contribution >= 0.6 is 0 Å². The summed E-state index contributed by atoms with van der Waals surface area (Å²) < 4.78 is 5.22. The SMILES string of the molecule is COc1cccc([C@@H](O)[C@@H]2CCCN2C(C)C)c1. The molecule has 3 heteroatoms. The highest BCUT2D eigenvalue weighted by Crippen LogP contribution is 2.31. The van der Waals surface area contributed by atoms with E-state index in [1.165, 1.54) is 6.42 Å². The summed E-state index contributed by atoms with van der Waals surface area (Å²) in [6.07, 6.45) is 1.81. The van der Waals surface area contributed by atoms with Crippen molar-refractivity contribution in [2.75, 3.05) is 13.7 Å². The largest absolute Gasteiger partial charge is 0.497 e. The van der Waals surface area contributed by atoms with Gasteiger partial charge in [-0.15, -0.1) is 0 Å². The zero-order valence-corrected chi connectivity index (χ0v) is 11.5. The van der Waals surface area contributed by atoms with Crippen LogP contribution in [0.1, 0.15) is 38.4 Å². The monoisotopic (exact) mass is 249 g/mol. The van der Waals surface area contributed by atoms with E-state index >= 15 is 0 Å². The maximum atomic E-state index is 10.6. The van der Waals surface area contributed by atoms with E-state index in [9.17, 15) is 5.11 Å². The summed E-state index contributed by atoms with van der Waals surface area (Å²) in [5.74, 6) is 0.806. The van der Waals surface area contributed by atoms with Gasteiger partial charge in [-0.3, -0.25) is 4.90 Å². The molecule has 0 bridgehead atoms. The lowest BCUT2D eigenvalue weighted by Gasteiger charge is -2.32. The predicted octanol–water partition coefficient (Wildman–Crippen LogP) is 2.60. The highest BCUT2D eigenvalue weighted by atomic mass is 16.5. The molecule has 0 aliphatic carbocycles. The molecule has 2 atom stereocenters. The lowest BCUT2D eigenvalue weighted by Crippen LogP contribution is -2.39. The highest BCUT2D eigenvalue weighted by Gasteiger charge is 2.32. The summed E-state index contributed by atoms with van der Waals surface area (Å²) in [4.78, 5) is 2.39. The number of ether oxygens (including phenoxy) is 1. The van der Waals surface area contributed by atoms with Gasteiger partial charge in [0, 0.05) is 12.1 Å². The van der Waals surface area contributed by atoms with E-state index in [1.807, 2.05) is 24.3 Å². The fraction of sp³-hybridized carbons (Fsp3) is 0.600. The first-order valence-corrected chi connectivity index (χ1v) is 6.71. The van der Waals surface area contributed by atoms with Crippen LogP contribution in [0.2, 0.25) is 0 Å². The minimum atomic E-state index is -0.426. The van der Waals surface area contributed by atoms with Crippen LogP contribution < -0.4 is 4.74 Å². The lowest BCUT2D eigenvalue weighted by molar-refractivity contribution is 0.0569. The number of nitrogens with zero attached hydrogens (tertiary/aromatic N) is 1. The summed E-state index contributed by atoms with van der Waals surface area (Å²) in [6.45, 7) is 5.47. The summed E-state index contributed by atoms with van der Waals surface area (Å²) >= 11 is 0. The smallest absolute Gasteiger partial charge is 0.119 e. The van der Waals surface area contributed by atoms with Crippen molar-refractivity contribution in [3.8, 4) is 5.75 Å². The Kier molecular flexibility index (Phi) is 4.25. The molecular weight excluding hydrogens is 226 g/mol. The van der Waals surface area contributed by atoms with Gasteiger partial charge >= 0.3 is 0 Å². The van der Waals surface area contributed by atoms with Crippen LogP contribution in [-0.4, -0.2) is 35.7 Å². The maximum absolute atomic E-state index is 10.6.